The van der Waals surface area contributed by atoms with Crippen LogP contribution in [0.25, 0.3) is 0 Å². The van der Waals surface area contributed by atoms with Crippen molar-refractivity contribution in [2.75, 3.05) is 46.4 Å². The molecule has 0 aliphatic rings. The highest BCUT2D eigenvalue weighted by atomic mass is 16.5. The molecule has 0 bridgehead atoms. The summed E-state index contributed by atoms with van der Waals surface area (Å²) in [6.45, 7) is 1.89. The van der Waals surface area contributed by atoms with Crippen LogP contribution in [0.15, 0.2) is 18.2 Å². The van der Waals surface area contributed by atoms with E-state index in [-0.39, 0.29) is 6.61 Å². The Labute approximate surface area is 118 Å². The van der Waals surface area contributed by atoms with Gasteiger partial charge in [-0.2, -0.15) is 0 Å². The third kappa shape index (κ3) is 5.46. The zero-order valence-corrected chi connectivity index (χ0v) is 11.9. The number of ether oxygens (including phenoxy) is 4. The molecule has 6 nitrogen and oxygen atoms in total. The molecule has 0 aliphatic heterocycles. The van der Waals surface area contributed by atoms with Crippen molar-refractivity contribution < 1.29 is 23.7 Å². The van der Waals surface area contributed by atoms with E-state index in [1.807, 2.05) is 0 Å². The minimum atomic E-state index is -0.453. The van der Waals surface area contributed by atoms with Crippen molar-refractivity contribution in [1.82, 2.24) is 0 Å². The second kappa shape index (κ2) is 9.17. The van der Waals surface area contributed by atoms with E-state index in [2.05, 4.69) is 0 Å². The maximum absolute atomic E-state index is 11.9. The van der Waals surface area contributed by atoms with Crippen LogP contribution in [-0.2, 0) is 14.2 Å². The lowest BCUT2D eigenvalue weighted by molar-refractivity contribution is 0.0383. The summed E-state index contributed by atoms with van der Waals surface area (Å²) in [6.07, 6.45) is 0.625. The van der Waals surface area contributed by atoms with Gasteiger partial charge in [0, 0.05) is 25.8 Å². The minimum absolute atomic E-state index is 0.282. The molecule has 1 aromatic carbocycles. The van der Waals surface area contributed by atoms with E-state index in [0.717, 1.165) is 0 Å². The third-order valence-corrected chi connectivity index (χ3v) is 2.54. The molecular formula is C14H21NO5. The molecule has 6 heteroatoms. The van der Waals surface area contributed by atoms with Gasteiger partial charge in [0.2, 0.25) is 0 Å². The van der Waals surface area contributed by atoms with Crippen LogP contribution in [0.5, 0.6) is 5.75 Å². The van der Waals surface area contributed by atoms with E-state index >= 15 is 0 Å². The number of hydrogen-bond donors (Lipinski definition) is 1. The van der Waals surface area contributed by atoms with Crippen LogP contribution in [0.4, 0.5) is 5.69 Å². The van der Waals surface area contributed by atoms with Gasteiger partial charge < -0.3 is 24.7 Å². The second-order valence-corrected chi connectivity index (χ2v) is 4.05. The van der Waals surface area contributed by atoms with Crippen LogP contribution < -0.4 is 10.5 Å². The summed E-state index contributed by atoms with van der Waals surface area (Å²) in [5.41, 5.74) is 6.46. The van der Waals surface area contributed by atoms with E-state index in [1.165, 1.54) is 13.2 Å². The van der Waals surface area contributed by atoms with Crippen molar-refractivity contribution in [3.63, 3.8) is 0 Å². The van der Waals surface area contributed by atoms with Crippen LogP contribution in [0.1, 0.15) is 16.8 Å². The fraction of sp³-hybridized carbons (Fsp3) is 0.500. The highest BCUT2D eigenvalue weighted by Gasteiger charge is 2.13. The lowest BCUT2D eigenvalue weighted by atomic mass is 10.2. The highest BCUT2D eigenvalue weighted by molar-refractivity contribution is 5.93. The Morgan fingerprint density at radius 2 is 1.95 bits per heavy atom. The average molecular weight is 283 g/mol. The van der Waals surface area contributed by atoms with Crippen molar-refractivity contribution in [3.8, 4) is 5.75 Å². The van der Waals surface area contributed by atoms with Gasteiger partial charge in [0.25, 0.3) is 0 Å². The van der Waals surface area contributed by atoms with E-state index in [1.54, 1.807) is 19.2 Å². The number of esters is 1. The fourth-order valence-corrected chi connectivity index (χ4v) is 1.53. The number of nitrogen functional groups attached to an aromatic ring is 1. The molecule has 1 aromatic rings. The van der Waals surface area contributed by atoms with Gasteiger partial charge in [-0.3, -0.25) is 0 Å². The third-order valence-electron chi connectivity index (χ3n) is 2.54. The predicted molar refractivity (Wildman–Crippen MR) is 75.0 cm³/mol. The number of anilines is 1. The maximum Gasteiger partial charge on any atom is 0.341 e. The Kier molecular flexibility index (Phi) is 7.46. The molecule has 2 N–H and O–H groups in total. The summed E-state index contributed by atoms with van der Waals surface area (Å²) in [5, 5.41) is 0. The molecule has 0 unspecified atom stereocenters. The summed E-state index contributed by atoms with van der Waals surface area (Å²) in [5.74, 6) is -0.00779. The van der Waals surface area contributed by atoms with E-state index in [0.29, 0.717) is 43.2 Å². The van der Waals surface area contributed by atoms with Gasteiger partial charge >= 0.3 is 5.97 Å². The Balaban J connectivity index is 2.34. The number of nitrogens with two attached hydrogens (primary N) is 1. The predicted octanol–water partition coefficient (Wildman–Crippen LogP) is 1.49. The van der Waals surface area contributed by atoms with Gasteiger partial charge in [-0.15, -0.1) is 0 Å². The first-order chi connectivity index (χ1) is 9.69. The number of carbonyl (C=O) groups is 1. The van der Waals surface area contributed by atoms with Gasteiger partial charge in [-0.1, -0.05) is 0 Å². The largest absolute Gasteiger partial charge is 0.496 e. The van der Waals surface area contributed by atoms with Crippen LogP contribution in [-0.4, -0.2) is 46.6 Å². The summed E-state index contributed by atoms with van der Waals surface area (Å²) < 4.78 is 20.4. The average Bonchev–Trinajstić information content (AvgIpc) is 2.46. The van der Waals surface area contributed by atoms with Gasteiger partial charge in [-0.05, 0) is 18.2 Å². The first kappa shape index (κ1) is 16.3. The van der Waals surface area contributed by atoms with Crippen molar-refractivity contribution >= 4 is 11.7 Å². The smallest absolute Gasteiger partial charge is 0.341 e. The number of methoxy groups -OCH3 is 2. The molecule has 0 aromatic heterocycles. The molecule has 20 heavy (non-hydrogen) atoms. The van der Waals surface area contributed by atoms with Gasteiger partial charge in [0.15, 0.2) is 0 Å². The summed E-state index contributed by atoms with van der Waals surface area (Å²) in [6, 6.07) is 4.84. The second-order valence-electron chi connectivity index (χ2n) is 4.05. The molecule has 0 heterocycles. The quantitative estimate of drug-likeness (QED) is 0.420. The monoisotopic (exact) mass is 283 g/mol. The Morgan fingerprint density at radius 3 is 2.65 bits per heavy atom. The van der Waals surface area contributed by atoms with E-state index in [4.69, 9.17) is 24.7 Å². The van der Waals surface area contributed by atoms with Crippen molar-refractivity contribution in [2.24, 2.45) is 0 Å². The summed E-state index contributed by atoms with van der Waals surface area (Å²) in [7, 11) is 3.11. The van der Waals surface area contributed by atoms with E-state index < -0.39 is 5.97 Å². The molecule has 0 spiro atoms. The number of carbonyl (C=O) groups excluding carboxylic acids is 1. The van der Waals surface area contributed by atoms with Crippen LogP contribution >= 0.6 is 0 Å². The fourth-order valence-electron chi connectivity index (χ4n) is 1.53. The molecule has 0 radical (unpaired) electrons. The lowest BCUT2D eigenvalue weighted by Crippen LogP contribution is -2.11. The molecule has 0 saturated carbocycles. The summed E-state index contributed by atoms with van der Waals surface area (Å²) in [4.78, 5) is 11.9. The van der Waals surface area contributed by atoms with E-state index in [9.17, 15) is 4.79 Å². The number of rotatable bonds is 9. The molecule has 112 valence electrons. The zero-order valence-electron chi connectivity index (χ0n) is 11.9. The SMILES string of the molecule is COCCOCCCOC(=O)c1cc(N)ccc1OC. The first-order valence-corrected chi connectivity index (χ1v) is 6.36. The molecular weight excluding hydrogens is 262 g/mol. The Morgan fingerprint density at radius 1 is 1.15 bits per heavy atom. The molecule has 0 fully saturated rings. The first-order valence-electron chi connectivity index (χ1n) is 6.36. The highest BCUT2D eigenvalue weighted by Crippen LogP contribution is 2.21. The maximum atomic E-state index is 11.9. The normalized spacial score (nSPS) is 10.3. The molecule has 0 saturated heterocycles. The van der Waals surface area contributed by atoms with Crippen molar-refractivity contribution in [2.45, 2.75) is 6.42 Å². The number of hydrogen-bond acceptors (Lipinski definition) is 6. The molecule has 0 amide bonds. The van der Waals surface area contributed by atoms with Crippen molar-refractivity contribution in [1.29, 1.82) is 0 Å². The standard InChI is InChI=1S/C14H21NO5/c1-17-8-9-19-6-3-7-20-14(16)12-10-11(15)4-5-13(12)18-2/h4-5,10H,3,6-9,15H2,1-2H3. The topological polar surface area (TPSA) is 80.0 Å². The summed E-state index contributed by atoms with van der Waals surface area (Å²) >= 11 is 0. The van der Waals surface area contributed by atoms with Gasteiger partial charge in [0.1, 0.15) is 11.3 Å². The van der Waals surface area contributed by atoms with Crippen LogP contribution in [0.2, 0.25) is 0 Å². The van der Waals surface area contributed by atoms with Crippen molar-refractivity contribution in [3.05, 3.63) is 23.8 Å². The molecule has 0 aliphatic carbocycles. The lowest BCUT2D eigenvalue weighted by Gasteiger charge is -2.09. The molecule has 1 rings (SSSR count). The van der Waals surface area contributed by atoms with Crippen LogP contribution in [0, 0.1) is 0 Å². The zero-order chi connectivity index (χ0) is 14.8. The Bertz CT molecular complexity index is 422. The number of benzene rings is 1. The molecule has 0 atom stereocenters. The minimum Gasteiger partial charge on any atom is -0.496 e. The van der Waals surface area contributed by atoms with Gasteiger partial charge in [-0.25, -0.2) is 4.79 Å². The Hall–Kier alpha value is -1.79. The van der Waals surface area contributed by atoms with Crippen LogP contribution in [0.3, 0.4) is 0 Å². The van der Waals surface area contributed by atoms with Gasteiger partial charge in [0.05, 0.1) is 26.9 Å².